The lowest BCUT2D eigenvalue weighted by Crippen LogP contribution is -2.45. The second kappa shape index (κ2) is 8.94. The average molecular weight is 439 g/mol. The summed E-state index contributed by atoms with van der Waals surface area (Å²) < 4.78 is 5.93. The fourth-order valence-electron chi connectivity index (χ4n) is 4.62. The third-order valence-electron chi connectivity index (χ3n) is 6.18. The van der Waals surface area contributed by atoms with E-state index in [2.05, 4.69) is 17.4 Å². The zero-order valence-corrected chi connectivity index (χ0v) is 18.6. The molecular formula is C28H26N2O3. The number of anilines is 1. The zero-order valence-electron chi connectivity index (χ0n) is 18.6. The van der Waals surface area contributed by atoms with Gasteiger partial charge >= 0.3 is 0 Å². The summed E-state index contributed by atoms with van der Waals surface area (Å²) in [6.07, 6.45) is 4.69. The minimum absolute atomic E-state index is 0.0313. The van der Waals surface area contributed by atoms with Crippen molar-refractivity contribution in [3.63, 3.8) is 0 Å². The van der Waals surface area contributed by atoms with Crippen molar-refractivity contribution in [2.75, 3.05) is 11.4 Å². The number of ether oxygens (including phenoxy) is 1. The van der Waals surface area contributed by atoms with Crippen molar-refractivity contribution in [3.05, 3.63) is 101 Å². The quantitative estimate of drug-likeness (QED) is 0.586. The van der Waals surface area contributed by atoms with Crippen LogP contribution in [0.15, 0.2) is 78.6 Å². The van der Waals surface area contributed by atoms with Crippen molar-refractivity contribution < 1.29 is 14.3 Å². The Labute approximate surface area is 193 Å². The van der Waals surface area contributed by atoms with E-state index in [1.54, 1.807) is 12.1 Å². The molecule has 1 heterocycles. The van der Waals surface area contributed by atoms with Crippen LogP contribution in [-0.2, 0) is 16.0 Å². The van der Waals surface area contributed by atoms with Crippen molar-refractivity contribution in [2.45, 2.75) is 32.2 Å². The molecule has 0 aromatic heterocycles. The number of hydrogen-bond donors (Lipinski definition) is 1. The highest BCUT2D eigenvalue weighted by atomic mass is 16.5. The molecule has 5 heteroatoms. The SMILES string of the molecule is Cc1cccc(/C=C2/Oc3ccccc3N(CC(=O)NC3CCCc4ccccc43)C2=O)c1. The second-order valence-electron chi connectivity index (χ2n) is 8.59. The van der Waals surface area contributed by atoms with Gasteiger partial charge in [0.2, 0.25) is 5.91 Å². The summed E-state index contributed by atoms with van der Waals surface area (Å²) in [5, 5.41) is 3.15. The van der Waals surface area contributed by atoms with Crippen LogP contribution in [0.25, 0.3) is 6.08 Å². The maximum Gasteiger partial charge on any atom is 0.294 e. The molecule has 1 aliphatic heterocycles. The third-order valence-corrected chi connectivity index (χ3v) is 6.18. The first-order chi connectivity index (χ1) is 16.1. The summed E-state index contributed by atoms with van der Waals surface area (Å²) in [5.41, 5.74) is 5.03. The first-order valence-electron chi connectivity index (χ1n) is 11.3. The van der Waals surface area contributed by atoms with Crippen molar-refractivity contribution >= 4 is 23.6 Å². The van der Waals surface area contributed by atoms with E-state index in [1.165, 1.54) is 16.0 Å². The Morgan fingerprint density at radius 3 is 2.79 bits per heavy atom. The molecule has 0 saturated heterocycles. The van der Waals surface area contributed by atoms with Crippen LogP contribution in [0.2, 0.25) is 0 Å². The molecule has 3 aromatic carbocycles. The van der Waals surface area contributed by atoms with Crippen LogP contribution in [0.4, 0.5) is 5.69 Å². The molecule has 1 aliphatic carbocycles. The number of benzene rings is 3. The number of hydrogen-bond acceptors (Lipinski definition) is 3. The second-order valence-corrected chi connectivity index (χ2v) is 8.59. The molecule has 33 heavy (non-hydrogen) atoms. The molecule has 0 bridgehead atoms. The maximum atomic E-state index is 13.4. The van der Waals surface area contributed by atoms with Crippen LogP contribution in [0, 0.1) is 6.92 Å². The minimum Gasteiger partial charge on any atom is -0.449 e. The van der Waals surface area contributed by atoms with Gasteiger partial charge < -0.3 is 10.1 Å². The number of aryl methyl sites for hydroxylation is 2. The Hall–Kier alpha value is -3.86. The molecule has 1 atom stereocenters. The van der Waals surface area contributed by atoms with Crippen LogP contribution in [-0.4, -0.2) is 18.4 Å². The summed E-state index contributed by atoms with van der Waals surface area (Å²) in [7, 11) is 0. The first-order valence-corrected chi connectivity index (χ1v) is 11.3. The van der Waals surface area contributed by atoms with Gasteiger partial charge in [-0.1, -0.05) is 66.2 Å². The summed E-state index contributed by atoms with van der Waals surface area (Å²) in [6.45, 7) is 1.93. The molecule has 2 aliphatic rings. The number of fused-ring (bicyclic) bond motifs is 2. The number of para-hydroxylation sites is 2. The van der Waals surface area contributed by atoms with E-state index >= 15 is 0 Å². The standard InChI is InChI=1S/C28H26N2O3/c1-19-8-6-9-20(16-19)17-26-28(32)30(24-14-4-5-15-25(24)33-26)18-27(31)29-23-13-7-11-21-10-2-3-12-22(21)23/h2-6,8-10,12,14-17,23H,7,11,13,18H2,1H3,(H,29,31)/b26-17+. The van der Waals surface area contributed by atoms with Gasteiger partial charge in [0.05, 0.1) is 11.7 Å². The fourth-order valence-corrected chi connectivity index (χ4v) is 4.62. The van der Waals surface area contributed by atoms with Gasteiger partial charge in [-0.25, -0.2) is 0 Å². The zero-order chi connectivity index (χ0) is 22.8. The van der Waals surface area contributed by atoms with Gasteiger partial charge in [-0.15, -0.1) is 0 Å². The van der Waals surface area contributed by atoms with Crippen molar-refractivity contribution in [2.24, 2.45) is 0 Å². The smallest absolute Gasteiger partial charge is 0.294 e. The van der Waals surface area contributed by atoms with E-state index < -0.39 is 0 Å². The van der Waals surface area contributed by atoms with Gasteiger partial charge in [0.15, 0.2) is 11.5 Å². The number of nitrogens with zero attached hydrogens (tertiary/aromatic N) is 1. The van der Waals surface area contributed by atoms with Crippen LogP contribution in [0.1, 0.15) is 41.1 Å². The van der Waals surface area contributed by atoms with Gasteiger partial charge in [0.1, 0.15) is 6.54 Å². The Morgan fingerprint density at radius 1 is 1.09 bits per heavy atom. The van der Waals surface area contributed by atoms with Crippen molar-refractivity contribution in [1.82, 2.24) is 5.32 Å². The number of rotatable bonds is 4. The molecule has 0 fully saturated rings. The summed E-state index contributed by atoms with van der Waals surface area (Å²) in [5.74, 6) is 0.257. The molecule has 1 unspecified atom stereocenters. The normalized spacial score (nSPS) is 18.3. The molecule has 0 saturated carbocycles. The van der Waals surface area contributed by atoms with Crippen LogP contribution >= 0.6 is 0 Å². The van der Waals surface area contributed by atoms with Crippen LogP contribution in [0.3, 0.4) is 0 Å². The molecule has 2 amide bonds. The van der Waals surface area contributed by atoms with Gasteiger partial charge in [-0.3, -0.25) is 14.5 Å². The fraction of sp³-hybridized carbons (Fsp3) is 0.214. The van der Waals surface area contributed by atoms with Gasteiger partial charge in [-0.2, -0.15) is 0 Å². The van der Waals surface area contributed by atoms with Crippen molar-refractivity contribution in [1.29, 1.82) is 0 Å². The van der Waals surface area contributed by atoms with Crippen molar-refractivity contribution in [3.8, 4) is 5.75 Å². The Morgan fingerprint density at radius 2 is 1.91 bits per heavy atom. The van der Waals surface area contributed by atoms with Gasteiger partial charge in [-0.05, 0) is 61.1 Å². The largest absolute Gasteiger partial charge is 0.449 e. The lowest BCUT2D eigenvalue weighted by Gasteiger charge is -2.31. The minimum atomic E-state index is -0.325. The lowest BCUT2D eigenvalue weighted by molar-refractivity contribution is -0.124. The van der Waals surface area contributed by atoms with E-state index in [-0.39, 0.29) is 30.2 Å². The molecular weight excluding hydrogens is 412 g/mol. The maximum absolute atomic E-state index is 13.4. The Balaban J connectivity index is 1.40. The third kappa shape index (κ3) is 4.40. The predicted molar refractivity (Wildman–Crippen MR) is 129 cm³/mol. The highest BCUT2D eigenvalue weighted by molar-refractivity contribution is 6.12. The highest BCUT2D eigenvalue weighted by Gasteiger charge is 2.32. The molecule has 1 N–H and O–H groups in total. The topological polar surface area (TPSA) is 58.6 Å². The summed E-state index contributed by atoms with van der Waals surface area (Å²) in [4.78, 5) is 27.9. The number of amides is 2. The molecule has 5 rings (SSSR count). The van der Waals surface area contributed by atoms with E-state index in [1.807, 2.05) is 61.5 Å². The number of nitrogens with one attached hydrogen (secondary N) is 1. The Kier molecular flexibility index (Phi) is 5.69. The summed E-state index contributed by atoms with van der Waals surface area (Å²) in [6, 6.07) is 23.4. The average Bonchev–Trinajstić information content (AvgIpc) is 2.82. The van der Waals surface area contributed by atoms with E-state index in [9.17, 15) is 9.59 Å². The molecule has 0 radical (unpaired) electrons. The lowest BCUT2D eigenvalue weighted by atomic mass is 9.88. The Bertz CT molecular complexity index is 1250. The highest BCUT2D eigenvalue weighted by Crippen LogP contribution is 2.36. The first kappa shape index (κ1) is 21.0. The molecule has 0 spiro atoms. The summed E-state index contributed by atoms with van der Waals surface area (Å²) >= 11 is 0. The number of carbonyl (C=O) groups excluding carboxylic acids is 2. The predicted octanol–water partition coefficient (Wildman–Crippen LogP) is 4.96. The van der Waals surface area contributed by atoms with E-state index in [4.69, 9.17) is 4.74 Å². The van der Waals surface area contributed by atoms with Crippen LogP contribution < -0.4 is 15.0 Å². The monoisotopic (exact) mass is 438 g/mol. The van der Waals surface area contributed by atoms with E-state index in [0.717, 1.165) is 30.4 Å². The van der Waals surface area contributed by atoms with Gasteiger partial charge in [0, 0.05) is 0 Å². The molecule has 3 aromatic rings. The van der Waals surface area contributed by atoms with Gasteiger partial charge in [0.25, 0.3) is 5.91 Å². The van der Waals surface area contributed by atoms with E-state index in [0.29, 0.717) is 11.4 Å². The molecule has 5 nitrogen and oxygen atoms in total. The van der Waals surface area contributed by atoms with Crippen LogP contribution in [0.5, 0.6) is 5.75 Å². The molecule has 166 valence electrons. The number of carbonyl (C=O) groups is 2.